The molecule has 1 N–H and O–H groups in total. The van der Waals surface area contributed by atoms with Crippen LogP contribution in [0, 0.1) is 0 Å². The molecule has 0 radical (unpaired) electrons. The summed E-state index contributed by atoms with van der Waals surface area (Å²) in [4.78, 5) is 14.7. The van der Waals surface area contributed by atoms with E-state index in [2.05, 4.69) is 5.32 Å². The van der Waals surface area contributed by atoms with Gasteiger partial charge in [0.25, 0.3) is 0 Å². The maximum absolute atomic E-state index is 13.1. The first-order valence-electron chi connectivity index (χ1n) is 9.56. The van der Waals surface area contributed by atoms with E-state index < -0.39 is 16.1 Å². The third kappa shape index (κ3) is 6.42. The molecule has 0 aliphatic heterocycles. The van der Waals surface area contributed by atoms with Gasteiger partial charge in [0.1, 0.15) is 23.0 Å². The Morgan fingerprint density at radius 3 is 2.47 bits per heavy atom. The van der Waals surface area contributed by atoms with Crippen molar-refractivity contribution in [3.63, 3.8) is 0 Å². The average Bonchev–Trinajstić information content (AvgIpc) is 3.25. The summed E-state index contributed by atoms with van der Waals surface area (Å²) in [5.41, 5.74) is 1.14. The summed E-state index contributed by atoms with van der Waals surface area (Å²) < 4.78 is 43.7. The molecule has 10 heteroatoms. The van der Waals surface area contributed by atoms with Gasteiger partial charge in [0.05, 0.1) is 39.0 Å². The minimum atomic E-state index is -3.67. The normalized spacial score (nSPS) is 11.0. The van der Waals surface area contributed by atoms with Crippen LogP contribution in [-0.4, -0.2) is 39.8 Å². The average molecular weight is 461 g/mol. The number of hydrogen-bond donors (Lipinski definition) is 1. The van der Waals surface area contributed by atoms with Crippen molar-refractivity contribution in [1.29, 1.82) is 0 Å². The number of carbonyl (C=O) groups excluding carboxylic acids is 1. The van der Waals surface area contributed by atoms with Crippen molar-refractivity contribution in [2.75, 3.05) is 25.8 Å². The van der Waals surface area contributed by atoms with Gasteiger partial charge < -0.3 is 28.3 Å². The van der Waals surface area contributed by atoms with Crippen molar-refractivity contribution in [2.24, 2.45) is 0 Å². The van der Waals surface area contributed by atoms with Gasteiger partial charge in [0, 0.05) is 12.6 Å². The summed E-state index contributed by atoms with van der Waals surface area (Å²) in [5.74, 6) is 1.79. The van der Waals surface area contributed by atoms with E-state index in [-0.39, 0.29) is 18.8 Å². The number of methoxy groups -OCH3 is 2. The van der Waals surface area contributed by atoms with Gasteiger partial charge >= 0.3 is 16.1 Å². The minimum Gasteiger partial charge on any atom is -0.497 e. The molecule has 0 saturated heterocycles. The molecule has 2 amide bonds. The third-order valence-electron chi connectivity index (χ3n) is 4.38. The van der Waals surface area contributed by atoms with Crippen LogP contribution >= 0.6 is 0 Å². The number of anilines is 1. The molecule has 0 fully saturated rings. The van der Waals surface area contributed by atoms with Gasteiger partial charge in [-0.2, -0.15) is 8.42 Å². The van der Waals surface area contributed by atoms with E-state index in [1.54, 1.807) is 55.6 Å². The first-order valence-corrected chi connectivity index (χ1v) is 11.4. The largest absolute Gasteiger partial charge is 0.497 e. The highest BCUT2D eigenvalue weighted by Gasteiger charge is 2.19. The van der Waals surface area contributed by atoms with Crippen LogP contribution in [0.4, 0.5) is 10.5 Å². The van der Waals surface area contributed by atoms with Crippen molar-refractivity contribution in [3.05, 3.63) is 72.2 Å². The number of hydrogen-bond acceptors (Lipinski definition) is 7. The van der Waals surface area contributed by atoms with Crippen LogP contribution in [0.2, 0.25) is 0 Å². The van der Waals surface area contributed by atoms with E-state index in [9.17, 15) is 13.2 Å². The lowest BCUT2D eigenvalue weighted by molar-refractivity contribution is 0.201. The van der Waals surface area contributed by atoms with E-state index in [1.807, 2.05) is 0 Å². The molecule has 170 valence electrons. The van der Waals surface area contributed by atoms with Gasteiger partial charge in [-0.25, -0.2) is 4.79 Å². The van der Waals surface area contributed by atoms with Crippen LogP contribution in [-0.2, 0) is 23.2 Å². The minimum absolute atomic E-state index is 0.167. The topological polar surface area (TPSA) is 107 Å². The number of amides is 2. The highest BCUT2D eigenvalue weighted by Crippen LogP contribution is 2.29. The Balaban J connectivity index is 1.83. The number of carbonyl (C=O) groups is 1. The lowest BCUT2D eigenvalue weighted by Gasteiger charge is -2.23. The predicted molar refractivity (Wildman–Crippen MR) is 118 cm³/mol. The molecule has 32 heavy (non-hydrogen) atoms. The zero-order valence-electron chi connectivity index (χ0n) is 17.9. The summed E-state index contributed by atoms with van der Waals surface area (Å²) in [5, 5.41) is 2.84. The summed E-state index contributed by atoms with van der Waals surface area (Å²) in [6.07, 6.45) is 2.50. The maximum Gasteiger partial charge on any atom is 0.322 e. The van der Waals surface area contributed by atoms with Gasteiger partial charge in [-0.3, -0.25) is 0 Å². The van der Waals surface area contributed by atoms with E-state index in [1.165, 1.54) is 24.3 Å². The lowest BCUT2D eigenvalue weighted by atomic mass is 10.2. The van der Waals surface area contributed by atoms with Crippen LogP contribution in [0.25, 0.3) is 0 Å². The number of furan rings is 1. The van der Waals surface area contributed by atoms with E-state index >= 15 is 0 Å². The van der Waals surface area contributed by atoms with Crippen molar-refractivity contribution in [3.8, 4) is 17.2 Å². The van der Waals surface area contributed by atoms with Gasteiger partial charge in [0.15, 0.2) is 0 Å². The molecule has 3 rings (SSSR count). The zero-order valence-corrected chi connectivity index (χ0v) is 18.7. The molecule has 1 aromatic heterocycles. The Kier molecular flexibility index (Phi) is 7.26. The van der Waals surface area contributed by atoms with Crippen LogP contribution in [0.3, 0.4) is 0 Å². The summed E-state index contributed by atoms with van der Waals surface area (Å²) in [6.45, 7) is 0.362. The van der Waals surface area contributed by atoms with Crippen LogP contribution in [0.15, 0.2) is 65.3 Å². The predicted octanol–water partition coefficient (Wildman–Crippen LogP) is 3.87. The van der Waals surface area contributed by atoms with E-state index in [0.717, 1.165) is 6.26 Å². The quantitative estimate of drug-likeness (QED) is 0.483. The van der Waals surface area contributed by atoms with Gasteiger partial charge in [-0.15, -0.1) is 0 Å². The molecular formula is C22H24N2O7S. The molecule has 0 aliphatic carbocycles. The van der Waals surface area contributed by atoms with E-state index in [4.69, 9.17) is 18.1 Å². The summed E-state index contributed by atoms with van der Waals surface area (Å²) in [6, 6.07) is 14.7. The Hall–Kier alpha value is -3.66. The standard InChI is InChI=1S/C22H24N2O7S/c1-28-17-9-10-20(21(13-17)29-2)23-22(25)24(15-19-8-5-11-30-19)14-16-6-4-7-18(12-16)31-32(3,26)27/h4-13H,14-15H2,1-3H3,(H,23,25). The van der Waals surface area contributed by atoms with Crippen LogP contribution in [0.5, 0.6) is 17.2 Å². The Bertz CT molecular complexity index is 1160. The maximum atomic E-state index is 13.1. The van der Waals surface area contributed by atoms with E-state index in [0.29, 0.717) is 28.5 Å². The van der Waals surface area contributed by atoms with Crippen molar-refractivity contribution in [1.82, 2.24) is 4.90 Å². The van der Waals surface area contributed by atoms with Gasteiger partial charge in [0.2, 0.25) is 0 Å². The molecule has 9 nitrogen and oxygen atoms in total. The third-order valence-corrected chi connectivity index (χ3v) is 4.88. The number of nitrogens with zero attached hydrogens (tertiary/aromatic N) is 1. The Morgan fingerprint density at radius 2 is 1.81 bits per heavy atom. The molecule has 2 aromatic carbocycles. The number of nitrogens with one attached hydrogen (secondary N) is 1. The Morgan fingerprint density at radius 1 is 1.00 bits per heavy atom. The second-order valence-corrected chi connectivity index (χ2v) is 8.44. The highest BCUT2D eigenvalue weighted by molar-refractivity contribution is 7.86. The number of benzene rings is 2. The fraction of sp³-hybridized carbons (Fsp3) is 0.227. The SMILES string of the molecule is COc1ccc(NC(=O)N(Cc2cccc(OS(C)(=O)=O)c2)Cc2ccco2)c(OC)c1. The molecule has 1 heterocycles. The van der Waals surface area contributed by atoms with Crippen LogP contribution in [0.1, 0.15) is 11.3 Å². The lowest BCUT2D eigenvalue weighted by Crippen LogP contribution is -2.34. The van der Waals surface area contributed by atoms with Crippen molar-refractivity contribution >= 4 is 21.8 Å². The molecular weight excluding hydrogens is 436 g/mol. The molecule has 0 saturated carbocycles. The van der Waals surface area contributed by atoms with Gasteiger partial charge in [-0.05, 0) is 42.0 Å². The molecule has 0 aliphatic rings. The van der Waals surface area contributed by atoms with Gasteiger partial charge in [-0.1, -0.05) is 12.1 Å². The summed E-state index contributed by atoms with van der Waals surface area (Å²) in [7, 11) is -0.626. The molecule has 0 spiro atoms. The van der Waals surface area contributed by atoms with Crippen molar-refractivity contribution < 1.29 is 31.3 Å². The first kappa shape index (κ1) is 23.0. The second-order valence-electron chi connectivity index (χ2n) is 6.87. The number of urea groups is 1. The summed E-state index contributed by atoms with van der Waals surface area (Å²) >= 11 is 0. The second kappa shape index (κ2) is 10.1. The zero-order chi connectivity index (χ0) is 23.1. The van der Waals surface area contributed by atoms with Crippen LogP contribution < -0.4 is 19.0 Å². The smallest absolute Gasteiger partial charge is 0.322 e. The number of rotatable bonds is 9. The molecule has 3 aromatic rings. The number of ether oxygens (including phenoxy) is 2. The highest BCUT2D eigenvalue weighted by atomic mass is 32.2. The first-order chi connectivity index (χ1) is 15.3. The molecule has 0 unspecified atom stereocenters. The van der Waals surface area contributed by atoms with Crippen molar-refractivity contribution in [2.45, 2.75) is 13.1 Å². The fourth-order valence-electron chi connectivity index (χ4n) is 2.98. The molecule has 0 atom stereocenters. The molecule has 0 bridgehead atoms. The fourth-order valence-corrected chi connectivity index (χ4v) is 3.43. The Labute approximate surface area is 186 Å². The monoisotopic (exact) mass is 460 g/mol.